The van der Waals surface area contributed by atoms with E-state index < -0.39 is 18.1 Å². The van der Waals surface area contributed by atoms with Crippen LogP contribution in [0.1, 0.15) is 48.8 Å². The molecule has 0 spiro atoms. The van der Waals surface area contributed by atoms with Crippen LogP contribution in [0.4, 0.5) is 5.69 Å². The first kappa shape index (κ1) is 39.2. The lowest BCUT2D eigenvalue weighted by Gasteiger charge is -2.33. The number of carbonyl (C=O) groups excluding carboxylic acids is 3. The number of nitrogens with two attached hydrogens (primary N) is 2. The van der Waals surface area contributed by atoms with Gasteiger partial charge in [0.1, 0.15) is 12.1 Å². The van der Waals surface area contributed by atoms with E-state index in [4.69, 9.17) is 16.2 Å². The lowest BCUT2D eigenvalue weighted by Crippen LogP contribution is -2.57. The molecule has 3 atom stereocenters. The number of rotatable bonds is 10. The van der Waals surface area contributed by atoms with Crippen LogP contribution in [0.2, 0.25) is 0 Å². The number of benzene rings is 2. The minimum Gasteiger partial charge on any atom is -0.378 e. The topological polar surface area (TPSA) is 184 Å². The van der Waals surface area contributed by atoms with Gasteiger partial charge in [-0.2, -0.15) is 0 Å². The molecule has 6 rings (SSSR count). The fourth-order valence-electron chi connectivity index (χ4n) is 7.20. The predicted octanol–water partition coefficient (Wildman–Crippen LogP) is 3.06. The third-order valence-corrected chi connectivity index (χ3v) is 11.5. The number of morpholine rings is 1. The van der Waals surface area contributed by atoms with E-state index in [2.05, 4.69) is 43.0 Å². The molecule has 1 fully saturated rings. The number of fused-ring (bicyclic) bond motifs is 3. The smallest absolute Gasteiger partial charge is 0.245 e. The van der Waals surface area contributed by atoms with Gasteiger partial charge < -0.3 is 46.9 Å². The molecule has 0 bridgehead atoms. The molecule has 0 radical (unpaired) electrons. The summed E-state index contributed by atoms with van der Waals surface area (Å²) in [6, 6.07) is 13.8. The molecule has 2 aromatic heterocycles. The summed E-state index contributed by atoms with van der Waals surface area (Å²) in [4.78, 5) is 56.7. The number of hydrogen-bond acceptors (Lipinski definition) is 10. The Kier molecular flexibility index (Phi) is 14.0. The molecule has 14 heteroatoms. The summed E-state index contributed by atoms with van der Waals surface area (Å²) in [5, 5.41) is 10.8. The minimum atomic E-state index is -0.870. The van der Waals surface area contributed by atoms with Crippen molar-refractivity contribution in [1.29, 1.82) is 0 Å². The second-order valence-corrected chi connectivity index (χ2v) is 15.0. The average Bonchev–Trinajstić information content (AvgIpc) is 3.61. The molecule has 1 saturated heterocycles. The number of aromatic nitrogens is 2. The number of hydrogen-bond donors (Lipinski definition) is 6. The van der Waals surface area contributed by atoms with Crippen molar-refractivity contribution in [2.24, 2.45) is 11.5 Å². The van der Waals surface area contributed by atoms with Crippen molar-refractivity contribution in [2.45, 2.75) is 79.5 Å². The van der Waals surface area contributed by atoms with E-state index in [0.717, 1.165) is 56.2 Å². The number of aromatic amines is 1. The first-order valence-corrected chi connectivity index (χ1v) is 19.8. The molecule has 8 N–H and O–H groups in total. The Balaban J connectivity index is 1.42. The number of carbonyl (C=O) groups is 3. The average molecular weight is 756 g/mol. The number of nitrogens with zero attached hydrogens (tertiary/aromatic N) is 3. The van der Waals surface area contributed by atoms with Gasteiger partial charge in [0.25, 0.3) is 0 Å². The van der Waals surface area contributed by atoms with Gasteiger partial charge in [-0.1, -0.05) is 36.0 Å². The zero-order chi connectivity index (χ0) is 37.9. The van der Waals surface area contributed by atoms with Crippen LogP contribution in [0, 0.1) is 0 Å². The van der Waals surface area contributed by atoms with Gasteiger partial charge in [0.15, 0.2) is 0 Å². The van der Waals surface area contributed by atoms with E-state index in [0.29, 0.717) is 65.0 Å². The molecule has 2 aliphatic heterocycles. The number of amides is 3. The van der Waals surface area contributed by atoms with Gasteiger partial charge in [0, 0.05) is 90.2 Å². The number of para-hydroxylation sites is 1. The van der Waals surface area contributed by atoms with Crippen LogP contribution in [-0.2, 0) is 38.6 Å². The molecule has 2 aliphatic rings. The van der Waals surface area contributed by atoms with Crippen LogP contribution >= 0.6 is 11.8 Å². The minimum absolute atomic E-state index is 0.248. The predicted molar refractivity (Wildman–Crippen MR) is 212 cm³/mol. The summed E-state index contributed by atoms with van der Waals surface area (Å²) >= 11 is 1.61. The number of anilines is 1. The third kappa shape index (κ3) is 9.60. The van der Waals surface area contributed by atoms with Gasteiger partial charge in [0.05, 0.1) is 19.3 Å². The van der Waals surface area contributed by atoms with Gasteiger partial charge in [-0.05, 0) is 80.6 Å². The van der Waals surface area contributed by atoms with Crippen molar-refractivity contribution in [3.8, 4) is 0 Å². The second kappa shape index (κ2) is 19.2. The van der Waals surface area contributed by atoms with Crippen LogP contribution in [0.5, 0.6) is 0 Å². The van der Waals surface area contributed by atoms with Crippen LogP contribution in [0.3, 0.4) is 0 Å². The SMILES string of the molecule is CN1C(=O)[C@H](CCCCN)NC(=O)[C@H](CCCN)NCc2cnccc2Sc2cccc(N3CCOCC3)c2CNC(=O)[C@@H]1Cc1c[nH]c2ccccc12. The van der Waals surface area contributed by atoms with Crippen molar-refractivity contribution in [3.63, 3.8) is 0 Å². The summed E-state index contributed by atoms with van der Waals surface area (Å²) in [5.74, 6) is -0.905. The molecule has 2 aromatic carbocycles. The maximum Gasteiger partial charge on any atom is 0.245 e. The van der Waals surface area contributed by atoms with E-state index in [1.165, 1.54) is 4.90 Å². The lowest BCUT2D eigenvalue weighted by molar-refractivity contribution is -0.142. The Morgan fingerprint density at radius 3 is 2.50 bits per heavy atom. The highest BCUT2D eigenvalue weighted by atomic mass is 32.2. The molecule has 4 aromatic rings. The van der Waals surface area contributed by atoms with Crippen LogP contribution < -0.4 is 32.3 Å². The Bertz CT molecular complexity index is 1880. The first-order valence-electron chi connectivity index (χ1n) is 19.0. The second-order valence-electron chi connectivity index (χ2n) is 13.9. The number of ether oxygens (including phenoxy) is 1. The Morgan fingerprint density at radius 1 is 0.889 bits per heavy atom. The van der Waals surface area contributed by atoms with Crippen LogP contribution in [0.15, 0.2) is 76.9 Å². The highest BCUT2D eigenvalue weighted by molar-refractivity contribution is 7.99. The van der Waals surface area contributed by atoms with E-state index in [-0.39, 0.29) is 30.7 Å². The number of unbranched alkanes of at least 4 members (excludes halogenated alkanes) is 1. The normalized spacial score (nSPS) is 20.6. The quantitative estimate of drug-likeness (QED) is 0.132. The fraction of sp³-hybridized carbons (Fsp3) is 0.450. The summed E-state index contributed by atoms with van der Waals surface area (Å²) in [7, 11) is 1.66. The first-order chi connectivity index (χ1) is 26.4. The summed E-state index contributed by atoms with van der Waals surface area (Å²) in [6.45, 7) is 4.22. The largest absolute Gasteiger partial charge is 0.378 e. The number of likely N-dealkylation sites (N-methyl/N-ethyl adjacent to an activating group) is 1. The molecular weight excluding hydrogens is 703 g/mol. The Hall–Kier alpha value is -4.47. The molecule has 3 amide bonds. The van der Waals surface area contributed by atoms with Gasteiger partial charge in [-0.3, -0.25) is 19.4 Å². The van der Waals surface area contributed by atoms with Gasteiger partial charge in [-0.25, -0.2) is 0 Å². The maximum atomic E-state index is 14.6. The molecular formula is C40H53N9O4S. The van der Waals surface area contributed by atoms with Gasteiger partial charge in [-0.15, -0.1) is 0 Å². The fourth-order valence-corrected chi connectivity index (χ4v) is 8.27. The summed E-state index contributed by atoms with van der Waals surface area (Å²) < 4.78 is 5.68. The molecule has 4 heterocycles. The standard InChI is InChI=1S/C40H53N9O4S/c1-48-35(22-27-24-44-31-9-3-2-8-29(27)31)39(51)46-26-30-34(49-18-20-53-21-19-49)12-6-13-37(30)54-36-14-17-43-23-28(36)25-45-32(11-7-16-42)38(50)47-33(40(48)52)10-4-5-15-41/h2-3,6,8-9,12-14,17,23-24,32-33,35,44-45H,4-5,7,10-11,15-16,18-22,25-26,41-42H2,1H3,(H,46,51)(H,47,50)/t32-,33-,35-/m0/s1. The maximum absolute atomic E-state index is 14.6. The van der Waals surface area contributed by atoms with E-state index >= 15 is 0 Å². The third-order valence-electron chi connectivity index (χ3n) is 10.3. The highest BCUT2D eigenvalue weighted by Crippen LogP contribution is 2.37. The number of pyridine rings is 1. The molecule has 288 valence electrons. The monoisotopic (exact) mass is 755 g/mol. The van der Waals surface area contributed by atoms with E-state index in [1.54, 1.807) is 25.0 Å². The number of H-pyrrole nitrogens is 1. The Morgan fingerprint density at radius 2 is 1.69 bits per heavy atom. The molecule has 54 heavy (non-hydrogen) atoms. The molecule has 0 unspecified atom stereocenters. The van der Waals surface area contributed by atoms with Crippen molar-refractivity contribution >= 4 is 46.1 Å². The van der Waals surface area contributed by atoms with E-state index in [1.807, 2.05) is 48.8 Å². The zero-order valence-electron chi connectivity index (χ0n) is 31.0. The van der Waals surface area contributed by atoms with Crippen molar-refractivity contribution in [3.05, 3.63) is 83.8 Å². The van der Waals surface area contributed by atoms with Crippen molar-refractivity contribution < 1.29 is 19.1 Å². The number of nitrogens with one attached hydrogen (secondary N) is 4. The Labute approximate surface area is 321 Å². The van der Waals surface area contributed by atoms with Crippen LogP contribution in [-0.4, -0.2) is 97.2 Å². The molecule has 13 nitrogen and oxygen atoms in total. The lowest BCUT2D eigenvalue weighted by atomic mass is 10.0. The molecule has 0 saturated carbocycles. The summed E-state index contributed by atoms with van der Waals surface area (Å²) in [6.07, 6.45) is 8.59. The molecule has 0 aliphatic carbocycles. The van der Waals surface area contributed by atoms with Gasteiger partial charge >= 0.3 is 0 Å². The van der Waals surface area contributed by atoms with Crippen molar-refractivity contribution in [2.75, 3.05) is 51.3 Å². The zero-order valence-corrected chi connectivity index (χ0v) is 31.8. The van der Waals surface area contributed by atoms with Gasteiger partial charge in [0.2, 0.25) is 17.7 Å². The van der Waals surface area contributed by atoms with E-state index in [9.17, 15) is 14.4 Å². The summed E-state index contributed by atoms with van der Waals surface area (Å²) in [5.41, 5.74) is 16.6. The van der Waals surface area contributed by atoms with Crippen LogP contribution in [0.25, 0.3) is 10.9 Å². The van der Waals surface area contributed by atoms with Crippen molar-refractivity contribution in [1.82, 2.24) is 30.8 Å². The highest BCUT2D eigenvalue weighted by Gasteiger charge is 2.34.